The molecule has 3 rings (SSSR count). The van der Waals surface area contributed by atoms with Crippen molar-refractivity contribution in [3.8, 4) is 23.0 Å². The summed E-state index contributed by atoms with van der Waals surface area (Å²) in [5, 5.41) is 9.79. The number of aromatic hydroxyl groups is 1. The Morgan fingerprint density at radius 2 is 2.00 bits per heavy atom. The fourth-order valence-electron chi connectivity index (χ4n) is 2.10. The van der Waals surface area contributed by atoms with E-state index >= 15 is 0 Å². The highest BCUT2D eigenvalue weighted by molar-refractivity contribution is 6.07. The number of ketones is 1. The third kappa shape index (κ3) is 2.74. The molecule has 1 aliphatic heterocycles. The number of allylic oxidation sites excluding steroid dienone is 1. The monoisotopic (exact) mass is 298 g/mol. The van der Waals surface area contributed by atoms with Gasteiger partial charge in [-0.2, -0.15) is 0 Å². The number of phenols is 1. The van der Waals surface area contributed by atoms with Crippen LogP contribution in [0.1, 0.15) is 15.9 Å². The molecule has 2 aromatic carbocycles. The van der Waals surface area contributed by atoms with Crippen molar-refractivity contribution in [2.45, 2.75) is 0 Å². The summed E-state index contributed by atoms with van der Waals surface area (Å²) >= 11 is 0. The number of fused-ring (bicyclic) bond motifs is 1. The van der Waals surface area contributed by atoms with Crippen LogP contribution < -0.4 is 14.2 Å². The van der Waals surface area contributed by atoms with Crippen LogP contribution in [-0.2, 0) is 0 Å². The number of phenolic OH excluding ortho intramolecular Hbond substituents is 1. The van der Waals surface area contributed by atoms with Gasteiger partial charge in [-0.3, -0.25) is 4.79 Å². The Morgan fingerprint density at radius 1 is 1.18 bits per heavy atom. The topological polar surface area (TPSA) is 65.0 Å². The fourth-order valence-corrected chi connectivity index (χ4v) is 2.10. The number of ether oxygens (including phenoxy) is 3. The van der Waals surface area contributed by atoms with Crippen LogP contribution in [-0.4, -0.2) is 24.8 Å². The summed E-state index contributed by atoms with van der Waals surface area (Å²) in [5.74, 6) is 1.68. The Balaban J connectivity index is 1.82. The standard InChI is InChI=1S/C17H14O5/c1-20-13-4-6-15(19)11(8-13)2-5-14(18)12-3-7-16-17(9-12)22-10-21-16/h2-9,19H,10H2,1H3. The average molecular weight is 298 g/mol. The first kappa shape index (κ1) is 14.0. The van der Waals surface area contributed by atoms with Crippen LogP contribution in [0, 0.1) is 0 Å². The zero-order valence-electron chi connectivity index (χ0n) is 11.9. The van der Waals surface area contributed by atoms with E-state index in [0.29, 0.717) is 28.4 Å². The van der Waals surface area contributed by atoms with E-state index in [0.717, 1.165) is 0 Å². The smallest absolute Gasteiger partial charge is 0.231 e. The number of benzene rings is 2. The lowest BCUT2D eigenvalue weighted by molar-refractivity contribution is 0.104. The summed E-state index contributed by atoms with van der Waals surface area (Å²) in [7, 11) is 1.54. The molecule has 5 heteroatoms. The largest absolute Gasteiger partial charge is 0.507 e. The molecule has 0 fully saturated rings. The molecule has 0 radical (unpaired) electrons. The molecule has 1 aliphatic rings. The van der Waals surface area contributed by atoms with Crippen LogP contribution in [0.2, 0.25) is 0 Å². The second-order valence-electron chi connectivity index (χ2n) is 4.69. The van der Waals surface area contributed by atoms with Crippen LogP contribution in [0.25, 0.3) is 6.08 Å². The molecule has 1 N–H and O–H groups in total. The van der Waals surface area contributed by atoms with E-state index < -0.39 is 0 Å². The summed E-state index contributed by atoms with van der Waals surface area (Å²) in [5.41, 5.74) is 0.997. The third-order valence-corrected chi connectivity index (χ3v) is 3.31. The first-order valence-electron chi connectivity index (χ1n) is 6.66. The molecule has 0 atom stereocenters. The quantitative estimate of drug-likeness (QED) is 0.694. The zero-order chi connectivity index (χ0) is 15.5. The molecule has 0 unspecified atom stereocenters. The molecule has 0 aromatic heterocycles. The molecule has 0 saturated carbocycles. The third-order valence-electron chi connectivity index (χ3n) is 3.31. The van der Waals surface area contributed by atoms with E-state index in [4.69, 9.17) is 14.2 Å². The summed E-state index contributed by atoms with van der Waals surface area (Å²) in [6.45, 7) is 0.167. The summed E-state index contributed by atoms with van der Waals surface area (Å²) in [4.78, 5) is 12.2. The van der Waals surface area contributed by atoms with Crippen molar-refractivity contribution in [1.82, 2.24) is 0 Å². The van der Waals surface area contributed by atoms with Gasteiger partial charge in [0.05, 0.1) is 7.11 Å². The van der Waals surface area contributed by atoms with Gasteiger partial charge in [0, 0.05) is 11.1 Å². The van der Waals surface area contributed by atoms with Crippen LogP contribution in [0.5, 0.6) is 23.0 Å². The number of rotatable bonds is 4. The van der Waals surface area contributed by atoms with Crippen LogP contribution >= 0.6 is 0 Å². The van der Waals surface area contributed by atoms with E-state index in [9.17, 15) is 9.90 Å². The van der Waals surface area contributed by atoms with E-state index in [-0.39, 0.29) is 18.3 Å². The zero-order valence-corrected chi connectivity index (χ0v) is 11.9. The molecular formula is C17H14O5. The maximum atomic E-state index is 12.2. The SMILES string of the molecule is COc1ccc(O)c(C=CC(=O)c2ccc3c(c2)OCO3)c1. The minimum atomic E-state index is -0.194. The molecule has 5 nitrogen and oxygen atoms in total. The van der Waals surface area contributed by atoms with E-state index in [1.165, 1.54) is 19.3 Å². The van der Waals surface area contributed by atoms with Gasteiger partial charge in [0.15, 0.2) is 17.3 Å². The molecule has 0 amide bonds. The predicted molar refractivity (Wildman–Crippen MR) is 80.6 cm³/mol. The molecule has 0 bridgehead atoms. The molecular weight excluding hydrogens is 284 g/mol. The van der Waals surface area contributed by atoms with Gasteiger partial charge >= 0.3 is 0 Å². The molecule has 2 aromatic rings. The fraction of sp³-hybridized carbons (Fsp3) is 0.118. The first-order chi connectivity index (χ1) is 10.7. The highest BCUT2D eigenvalue weighted by atomic mass is 16.7. The number of hydrogen-bond acceptors (Lipinski definition) is 5. The Labute approximate surface area is 127 Å². The molecule has 0 spiro atoms. The minimum Gasteiger partial charge on any atom is -0.507 e. The number of hydrogen-bond donors (Lipinski definition) is 1. The van der Waals surface area contributed by atoms with Crippen LogP contribution in [0.3, 0.4) is 0 Å². The van der Waals surface area contributed by atoms with Crippen molar-refractivity contribution in [1.29, 1.82) is 0 Å². The summed E-state index contributed by atoms with van der Waals surface area (Å²) in [6, 6.07) is 9.83. The highest BCUT2D eigenvalue weighted by Gasteiger charge is 2.15. The minimum absolute atomic E-state index is 0.0792. The van der Waals surface area contributed by atoms with Gasteiger partial charge in [-0.1, -0.05) is 0 Å². The van der Waals surface area contributed by atoms with Gasteiger partial charge in [0.1, 0.15) is 11.5 Å². The lowest BCUT2D eigenvalue weighted by Gasteiger charge is -2.03. The van der Waals surface area contributed by atoms with Gasteiger partial charge < -0.3 is 19.3 Å². The van der Waals surface area contributed by atoms with Crippen LogP contribution in [0.15, 0.2) is 42.5 Å². The second-order valence-corrected chi connectivity index (χ2v) is 4.69. The Kier molecular flexibility index (Phi) is 3.70. The number of carbonyl (C=O) groups excluding carboxylic acids is 1. The van der Waals surface area contributed by atoms with E-state index in [2.05, 4.69) is 0 Å². The molecule has 22 heavy (non-hydrogen) atoms. The average Bonchev–Trinajstić information content (AvgIpc) is 3.01. The summed E-state index contributed by atoms with van der Waals surface area (Å²) in [6.07, 6.45) is 2.94. The lowest BCUT2D eigenvalue weighted by Crippen LogP contribution is -1.94. The van der Waals surface area contributed by atoms with Crippen molar-refractivity contribution in [2.75, 3.05) is 13.9 Å². The normalized spacial score (nSPS) is 12.6. The van der Waals surface area contributed by atoms with Gasteiger partial charge in [0.25, 0.3) is 0 Å². The number of carbonyl (C=O) groups is 1. The predicted octanol–water partition coefficient (Wildman–Crippen LogP) is 3.03. The van der Waals surface area contributed by atoms with Crippen molar-refractivity contribution < 1.29 is 24.1 Å². The lowest BCUT2D eigenvalue weighted by atomic mass is 10.1. The summed E-state index contributed by atoms with van der Waals surface area (Å²) < 4.78 is 15.5. The van der Waals surface area contributed by atoms with Gasteiger partial charge in [-0.25, -0.2) is 0 Å². The maximum absolute atomic E-state index is 12.2. The second kappa shape index (κ2) is 5.81. The number of methoxy groups -OCH3 is 1. The van der Waals surface area contributed by atoms with Crippen molar-refractivity contribution in [2.24, 2.45) is 0 Å². The first-order valence-corrected chi connectivity index (χ1v) is 6.66. The Bertz CT molecular complexity index is 749. The molecule has 112 valence electrons. The molecule has 0 aliphatic carbocycles. The van der Waals surface area contributed by atoms with Gasteiger partial charge in [0.2, 0.25) is 6.79 Å². The molecule has 1 heterocycles. The highest BCUT2D eigenvalue weighted by Crippen LogP contribution is 2.32. The van der Waals surface area contributed by atoms with E-state index in [1.54, 1.807) is 36.4 Å². The van der Waals surface area contributed by atoms with Crippen LogP contribution in [0.4, 0.5) is 0 Å². The van der Waals surface area contributed by atoms with Gasteiger partial charge in [-0.15, -0.1) is 0 Å². The van der Waals surface area contributed by atoms with Crippen molar-refractivity contribution in [3.63, 3.8) is 0 Å². The van der Waals surface area contributed by atoms with E-state index in [1.807, 2.05) is 0 Å². The Morgan fingerprint density at radius 3 is 2.82 bits per heavy atom. The molecule has 0 saturated heterocycles. The maximum Gasteiger partial charge on any atom is 0.231 e. The van der Waals surface area contributed by atoms with Crippen molar-refractivity contribution in [3.05, 3.63) is 53.6 Å². The van der Waals surface area contributed by atoms with Crippen molar-refractivity contribution >= 4 is 11.9 Å². The Hall–Kier alpha value is -2.95. The van der Waals surface area contributed by atoms with Gasteiger partial charge in [-0.05, 0) is 48.6 Å².